The van der Waals surface area contributed by atoms with Crippen molar-refractivity contribution in [2.75, 3.05) is 27.2 Å². The molecule has 0 aromatic heterocycles. The van der Waals surface area contributed by atoms with Gasteiger partial charge in [-0.2, -0.15) is 13.2 Å². The van der Waals surface area contributed by atoms with Gasteiger partial charge in [0.05, 0.1) is 5.92 Å². The Hall–Kier alpha value is -0.290. The van der Waals surface area contributed by atoms with Crippen molar-refractivity contribution in [2.45, 2.75) is 44.7 Å². The lowest BCUT2D eigenvalue weighted by Gasteiger charge is -2.48. The predicted octanol–water partition coefficient (Wildman–Crippen LogP) is 3.30. The topological polar surface area (TPSA) is 6.48 Å². The number of hydrogen-bond donors (Lipinski definition) is 0. The minimum absolute atomic E-state index is 0.0368. The molecule has 0 N–H and O–H groups in total. The standard InChI is InChI=1S/C13H23F3N2/c1-17(2)18-8-6-12(7-9-18)5-3-4-11(10-12)13(14,15)16/h11H,3-10H2,1-2H3/t11-/m1/s1. The number of nitrogens with zero attached hydrogens (tertiary/aromatic N) is 2. The molecule has 1 heterocycles. The number of alkyl halides is 3. The van der Waals surface area contributed by atoms with Gasteiger partial charge in [0.2, 0.25) is 0 Å². The van der Waals surface area contributed by atoms with Crippen LogP contribution in [0.25, 0.3) is 0 Å². The highest BCUT2D eigenvalue weighted by atomic mass is 19.4. The first-order valence-electron chi connectivity index (χ1n) is 6.81. The van der Waals surface area contributed by atoms with E-state index in [1.165, 1.54) is 0 Å². The molecule has 2 rings (SSSR count). The molecule has 0 radical (unpaired) electrons. The monoisotopic (exact) mass is 264 g/mol. The van der Waals surface area contributed by atoms with Gasteiger partial charge < -0.3 is 0 Å². The molecule has 1 atom stereocenters. The SMILES string of the molecule is CN(C)N1CCC2(CCC[C@@H](C(F)(F)F)C2)CC1. The highest BCUT2D eigenvalue weighted by Gasteiger charge is 2.48. The van der Waals surface area contributed by atoms with Crippen LogP contribution in [0.1, 0.15) is 38.5 Å². The van der Waals surface area contributed by atoms with Gasteiger partial charge in [-0.25, -0.2) is 10.0 Å². The molecular weight excluding hydrogens is 241 g/mol. The van der Waals surface area contributed by atoms with Gasteiger partial charge in [0.25, 0.3) is 0 Å². The van der Waals surface area contributed by atoms with Gasteiger partial charge in [0, 0.05) is 27.2 Å². The number of hydrazine groups is 1. The summed E-state index contributed by atoms with van der Waals surface area (Å²) in [7, 11) is 3.99. The second-order valence-electron chi connectivity index (χ2n) is 6.14. The molecule has 5 heteroatoms. The minimum atomic E-state index is -3.99. The molecule has 1 saturated carbocycles. The van der Waals surface area contributed by atoms with E-state index >= 15 is 0 Å². The van der Waals surface area contributed by atoms with E-state index in [4.69, 9.17) is 0 Å². The van der Waals surface area contributed by atoms with Crippen molar-refractivity contribution in [3.63, 3.8) is 0 Å². The summed E-state index contributed by atoms with van der Waals surface area (Å²) in [6, 6.07) is 0. The van der Waals surface area contributed by atoms with Gasteiger partial charge >= 0.3 is 6.18 Å². The lowest BCUT2D eigenvalue weighted by molar-refractivity contribution is -0.196. The molecule has 1 saturated heterocycles. The summed E-state index contributed by atoms with van der Waals surface area (Å²) < 4.78 is 38.6. The molecule has 2 nitrogen and oxygen atoms in total. The lowest BCUT2D eigenvalue weighted by Crippen LogP contribution is -2.48. The number of piperidine rings is 1. The van der Waals surface area contributed by atoms with Crippen LogP contribution in [-0.4, -0.2) is 43.4 Å². The van der Waals surface area contributed by atoms with Crippen LogP contribution in [-0.2, 0) is 0 Å². The summed E-state index contributed by atoms with van der Waals surface area (Å²) >= 11 is 0. The van der Waals surface area contributed by atoms with Crippen molar-refractivity contribution in [2.24, 2.45) is 11.3 Å². The van der Waals surface area contributed by atoms with Crippen molar-refractivity contribution in [1.29, 1.82) is 0 Å². The van der Waals surface area contributed by atoms with Crippen molar-refractivity contribution < 1.29 is 13.2 Å². The van der Waals surface area contributed by atoms with Crippen LogP contribution in [0.5, 0.6) is 0 Å². The van der Waals surface area contributed by atoms with Crippen LogP contribution in [0.3, 0.4) is 0 Å². The maximum Gasteiger partial charge on any atom is 0.391 e. The largest absolute Gasteiger partial charge is 0.391 e. The third-order valence-electron chi connectivity index (χ3n) is 4.77. The normalized spacial score (nSPS) is 30.0. The third-order valence-corrected chi connectivity index (χ3v) is 4.77. The van der Waals surface area contributed by atoms with Gasteiger partial charge in [-0.05, 0) is 37.5 Å². The van der Waals surface area contributed by atoms with E-state index in [1.807, 2.05) is 14.1 Å². The first-order chi connectivity index (χ1) is 8.32. The lowest BCUT2D eigenvalue weighted by atomic mass is 9.64. The molecule has 0 aromatic carbocycles. The van der Waals surface area contributed by atoms with Crippen LogP contribution < -0.4 is 0 Å². The van der Waals surface area contributed by atoms with Crippen LogP contribution in [0, 0.1) is 11.3 Å². The van der Waals surface area contributed by atoms with E-state index in [0.29, 0.717) is 12.8 Å². The zero-order valence-electron chi connectivity index (χ0n) is 11.3. The van der Waals surface area contributed by atoms with Crippen LogP contribution in [0.2, 0.25) is 0 Å². The molecule has 2 aliphatic rings. The third kappa shape index (κ3) is 2.99. The molecule has 0 unspecified atom stereocenters. The Kier molecular flexibility index (Phi) is 3.93. The van der Waals surface area contributed by atoms with Gasteiger partial charge in [-0.15, -0.1) is 0 Å². The van der Waals surface area contributed by atoms with Crippen molar-refractivity contribution in [3.05, 3.63) is 0 Å². The first-order valence-corrected chi connectivity index (χ1v) is 6.81. The summed E-state index contributed by atoms with van der Waals surface area (Å²) in [5, 5.41) is 4.28. The van der Waals surface area contributed by atoms with Crippen molar-refractivity contribution in [3.8, 4) is 0 Å². The quantitative estimate of drug-likeness (QED) is 0.717. The summed E-state index contributed by atoms with van der Waals surface area (Å²) in [6.07, 6.45) is 0.259. The van der Waals surface area contributed by atoms with Gasteiger partial charge in [-0.3, -0.25) is 0 Å². The second kappa shape index (κ2) is 5.00. The van der Waals surface area contributed by atoms with Crippen molar-refractivity contribution >= 4 is 0 Å². The predicted molar refractivity (Wildman–Crippen MR) is 64.9 cm³/mol. The zero-order valence-corrected chi connectivity index (χ0v) is 11.3. The fraction of sp³-hybridized carbons (Fsp3) is 1.00. The van der Waals surface area contributed by atoms with E-state index in [0.717, 1.165) is 38.8 Å². The molecule has 18 heavy (non-hydrogen) atoms. The summed E-state index contributed by atoms with van der Waals surface area (Å²) in [5.74, 6) is -1.06. The van der Waals surface area contributed by atoms with Crippen LogP contribution in [0.4, 0.5) is 13.2 Å². The van der Waals surface area contributed by atoms with Crippen molar-refractivity contribution in [1.82, 2.24) is 10.0 Å². The van der Waals surface area contributed by atoms with E-state index in [9.17, 15) is 13.2 Å². The molecule has 0 aromatic rings. The summed E-state index contributed by atoms with van der Waals surface area (Å²) in [6.45, 7) is 1.80. The zero-order chi connectivity index (χ0) is 13.4. The Bertz CT molecular complexity index is 280. The van der Waals surface area contributed by atoms with Gasteiger partial charge in [0.15, 0.2) is 0 Å². The molecule has 2 fully saturated rings. The molecular formula is C13H23F3N2. The van der Waals surface area contributed by atoms with E-state index in [2.05, 4.69) is 10.0 Å². The van der Waals surface area contributed by atoms with Gasteiger partial charge in [0.1, 0.15) is 0 Å². The maximum atomic E-state index is 12.9. The average molecular weight is 264 g/mol. The second-order valence-corrected chi connectivity index (χ2v) is 6.14. The number of rotatable bonds is 1. The summed E-state index contributed by atoms with van der Waals surface area (Å²) in [4.78, 5) is 0. The minimum Gasteiger partial charge on any atom is -0.248 e. The maximum absolute atomic E-state index is 12.9. The summed E-state index contributed by atoms with van der Waals surface area (Å²) in [5.41, 5.74) is -0.0368. The molecule has 1 aliphatic carbocycles. The van der Waals surface area contributed by atoms with Crippen LogP contribution in [0.15, 0.2) is 0 Å². The average Bonchev–Trinajstić information content (AvgIpc) is 2.28. The van der Waals surface area contributed by atoms with E-state index < -0.39 is 12.1 Å². The number of halogens is 3. The Morgan fingerprint density at radius 3 is 2.22 bits per heavy atom. The smallest absolute Gasteiger partial charge is 0.248 e. The Morgan fingerprint density at radius 2 is 1.72 bits per heavy atom. The highest BCUT2D eigenvalue weighted by Crippen LogP contribution is 2.50. The Balaban J connectivity index is 1.97. The van der Waals surface area contributed by atoms with Gasteiger partial charge in [-0.1, -0.05) is 6.42 Å². The molecule has 0 bridgehead atoms. The molecule has 106 valence electrons. The molecule has 1 spiro atoms. The fourth-order valence-corrected chi connectivity index (χ4v) is 3.55. The first kappa shape index (κ1) is 14.1. The molecule has 1 aliphatic heterocycles. The van der Waals surface area contributed by atoms with E-state index in [1.54, 1.807) is 0 Å². The fourth-order valence-electron chi connectivity index (χ4n) is 3.55. The van der Waals surface area contributed by atoms with E-state index in [-0.39, 0.29) is 5.41 Å². The number of hydrogen-bond acceptors (Lipinski definition) is 2. The highest BCUT2D eigenvalue weighted by molar-refractivity contribution is 4.92. The Labute approximate surface area is 107 Å². The van der Waals surface area contributed by atoms with Crippen LogP contribution >= 0.6 is 0 Å². The Morgan fingerprint density at radius 1 is 1.11 bits per heavy atom. The molecule has 0 amide bonds.